The maximum absolute atomic E-state index is 5.91. The van der Waals surface area contributed by atoms with Gasteiger partial charge in [-0.3, -0.25) is 0 Å². The van der Waals surface area contributed by atoms with Crippen LogP contribution in [0.2, 0.25) is 0 Å². The Labute approximate surface area is 154 Å². The molecule has 0 aromatic heterocycles. The molecule has 24 heavy (non-hydrogen) atoms. The molecule has 0 aromatic carbocycles. The summed E-state index contributed by atoms with van der Waals surface area (Å²) in [5.41, 5.74) is 0. The Morgan fingerprint density at radius 3 is 2.25 bits per heavy atom. The lowest BCUT2D eigenvalue weighted by Gasteiger charge is -2.22. The highest BCUT2D eigenvalue weighted by atomic mass is 32.2. The minimum atomic E-state index is 0.554. The lowest BCUT2D eigenvalue weighted by Crippen LogP contribution is -2.22. The van der Waals surface area contributed by atoms with Crippen LogP contribution < -0.4 is 0 Å². The van der Waals surface area contributed by atoms with E-state index in [1.54, 1.807) is 0 Å². The predicted molar refractivity (Wildman–Crippen MR) is 106 cm³/mol. The summed E-state index contributed by atoms with van der Waals surface area (Å²) >= 11 is 2.19. The Balaban J connectivity index is 1.36. The molecule has 0 N–H and O–H groups in total. The fraction of sp³-hybridized carbons (Fsp3) is 1.00. The van der Waals surface area contributed by atoms with Crippen molar-refractivity contribution in [3.05, 3.63) is 0 Å². The van der Waals surface area contributed by atoms with E-state index in [4.69, 9.17) is 9.47 Å². The Morgan fingerprint density at radius 1 is 0.875 bits per heavy atom. The van der Waals surface area contributed by atoms with Crippen molar-refractivity contribution in [1.82, 2.24) is 0 Å². The van der Waals surface area contributed by atoms with Crippen LogP contribution in [-0.2, 0) is 9.47 Å². The first-order valence-electron chi connectivity index (χ1n) is 10.7. The van der Waals surface area contributed by atoms with Crippen LogP contribution in [0.5, 0.6) is 0 Å². The molecule has 2 fully saturated rings. The largest absolute Gasteiger partial charge is 0.378 e. The fourth-order valence-corrected chi connectivity index (χ4v) is 5.53. The van der Waals surface area contributed by atoms with Gasteiger partial charge in [0, 0.05) is 18.5 Å². The standard InChI is InChI=1S/C21H40O2S/c1-2-12-21(20-15-11-17-23-20)24-18-9-7-5-3-4-6-8-13-19-14-10-16-22-19/h19-21H,2-18H2,1H3. The number of ether oxygens (including phenoxy) is 2. The van der Waals surface area contributed by atoms with Gasteiger partial charge in [-0.05, 0) is 50.7 Å². The third-order valence-electron chi connectivity index (χ3n) is 5.48. The van der Waals surface area contributed by atoms with Crippen molar-refractivity contribution in [2.45, 2.75) is 114 Å². The van der Waals surface area contributed by atoms with Crippen LogP contribution >= 0.6 is 11.8 Å². The first-order chi connectivity index (χ1) is 11.9. The van der Waals surface area contributed by atoms with Gasteiger partial charge in [-0.15, -0.1) is 0 Å². The summed E-state index contributed by atoms with van der Waals surface area (Å²) in [7, 11) is 0. The highest BCUT2D eigenvalue weighted by Gasteiger charge is 2.25. The first-order valence-corrected chi connectivity index (χ1v) is 11.8. The lowest BCUT2D eigenvalue weighted by molar-refractivity contribution is 0.102. The van der Waals surface area contributed by atoms with Crippen molar-refractivity contribution in [3.63, 3.8) is 0 Å². The van der Waals surface area contributed by atoms with Crippen LogP contribution in [0, 0.1) is 0 Å². The van der Waals surface area contributed by atoms with E-state index in [1.807, 2.05) is 0 Å². The average molecular weight is 357 g/mol. The number of rotatable bonds is 14. The van der Waals surface area contributed by atoms with Gasteiger partial charge in [0.2, 0.25) is 0 Å². The molecular weight excluding hydrogens is 316 g/mol. The summed E-state index contributed by atoms with van der Waals surface area (Å²) in [5, 5.41) is 0.760. The second-order valence-corrected chi connectivity index (χ2v) is 9.00. The number of thioether (sulfide) groups is 1. The normalized spacial score (nSPS) is 25.4. The van der Waals surface area contributed by atoms with E-state index >= 15 is 0 Å². The third kappa shape index (κ3) is 8.58. The lowest BCUT2D eigenvalue weighted by atomic mass is 10.1. The highest BCUT2D eigenvalue weighted by Crippen LogP contribution is 2.29. The molecule has 0 aromatic rings. The topological polar surface area (TPSA) is 18.5 Å². The summed E-state index contributed by atoms with van der Waals surface area (Å²) in [5.74, 6) is 1.34. The first kappa shape index (κ1) is 20.6. The summed E-state index contributed by atoms with van der Waals surface area (Å²) in [6.07, 6.45) is 20.1. The molecule has 0 bridgehead atoms. The maximum atomic E-state index is 5.91. The van der Waals surface area contributed by atoms with Crippen LogP contribution in [0.25, 0.3) is 0 Å². The van der Waals surface area contributed by atoms with E-state index < -0.39 is 0 Å². The van der Waals surface area contributed by atoms with E-state index in [-0.39, 0.29) is 0 Å². The van der Waals surface area contributed by atoms with Gasteiger partial charge in [0.05, 0.1) is 12.2 Å². The monoisotopic (exact) mass is 356 g/mol. The van der Waals surface area contributed by atoms with E-state index in [0.717, 1.165) is 18.5 Å². The Hall–Kier alpha value is 0.270. The molecule has 2 heterocycles. The van der Waals surface area contributed by atoms with Gasteiger partial charge in [-0.25, -0.2) is 0 Å². The molecule has 0 saturated carbocycles. The second-order valence-electron chi connectivity index (χ2n) is 7.65. The van der Waals surface area contributed by atoms with Gasteiger partial charge in [0.1, 0.15) is 0 Å². The summed E-state index contributed by atoms with van der Waals surface area (Å²) in [6.45, 7) is 4.31. The maximum Gasteiger partial charge on any atom is 0.0694 e. The van der Waals surface area contributed by atoms with Gasteiger partial charge >= 0.3 is 0 Å². The van der Waals surface area contributed by atoms with Crippen LogP contribution in [0.3, 0.4) is 0 Å². The molecule has 3 unspecified atom stereocenters. The quantitative estimate of drug-likeness (QED) is 0.337. The molecule has 2 saturated heterocycles. The van der Waals surface area contributed by atoms with Crippen LogP contribution in [0.4, 0.5) is 0 Å². The van der Waals surface area contributed by atoms with Crippen molar-refractivity contribution < 1.29 is 9.47 Å². The zero-order chi connectivity index (χ0) is 16.9. The molecular formula is C21H40O2S. The zero-order valence-corrected chi connectivity index (χ0v) is 16.8. The van der Waals surface area contributed by atoms with E-state index in [9.17, 15) is 0 Å². The zero-order valence-electron chi connectivity index (χ0n) is 16.0. The van der Waals surface area contributed by atoms with Gasteiger partial charge in [0.25, 0.3) is 0 Å². The molecule has 2 rings (SSSR count). The smallest absolute Gasteiger partial charge is 0.0694 e. The summed E-state index contributed by atoms with van der Waals surface area (Å²) in [6, 6.07) is 0. The minimum Gasteiger partial charge on any atom is -0.378 e. The molecule has 2 nitrogen and oxygen atoms in total. The molecule has 0 amide bonds. The Kier molecular flexibility index (Phi) is 11.6. The predicted octanol–water partition coefficient (Wildman–Crippen LogP) is 6.37. The number of unbranched alkanes of at least 4 members (excludes halogenated alkanes) is 6. The molecule has 2 aliphatic rings. The molecule has 3 atom stereocenters. The van der Waals surface area contributed by atoms with Crippen molar-refractivity contribution in [2.24, 2.45) is 0 Å². The number of hydrogen-bond donors (Lipinski definition) is 0. The van der Waals surface area contributed by atoms with E-state index in [2.05, 4.69) is 18.7 Å². The fourth-order valence-electron chi connectivity index (χ4n) is 4.02. The third-order valence-corrected chi connectivity index (χ3v) is 6.97. The van der Waals surface area contributed by atoms with Crippen molar-refractivity contribution in [1.29, 1.82) is 0 Å². The van der Waals surface area contributed by atoms with Crippen LogP contribution in [-0.4, -0.2) is 36.4 Å². The number of hydrogen-bond acceptors (Lipinski definition) is 3. The van der Waals surface area contributed by atoms with Gasteiger partial charge < -0.3 is 9.47 Å². The Morgan fingerprint density at radius 2 is 1.58 bits per heavy atom. The molecule has 3 heteroatoms. The van der Waals surface area contributed by atoms with Gasteiger partial charge in [-0.2, -0.15) is 11.8 Å². The molecule has 0 radical (unpaired) electrons. The molecule has 2 aliphatic heterocycles. The molecule has 0 spiro atoms. The Bertz CT molecular complexity index is 286. The highest BCUT2D eigenvalue weighted by molar-refractivity contribution is 7.99. The molecule has 0 aliphatic carbocycles. The molecule has 142 valence electrons. The summed E-state index contributed by atoms with van der Waals surface area (Å²) < 4.78 is 11.6. The SMILES string of the molecule is CCCC(SCCCCCCCCCC1CCCO1)C1CCCO1. The summed E-state index contributed by atoms with van der Waals surface area (Å²) in [4.78, 5) is 0. The van der Waals surface area contributed by atoms with Crippen molar-refractivity contribution in [2.75, 3.05) is 19.0 Å². The second kappa shape index (κ2) is 13.5. The van der Waals surface area contributed by atoms with E-state index in [0.29, 0.717) is 12.2 Å². The van der Waals surface area contributed by atoms with Crippen molar-refractivity contribution in [3.8, 4) is 0 Å². The van der Waals surface area contributed by atoms with E-state index in [1.165, 1.54) is 95.6 Å². The van der Waals surface area contributed by atoms with Crippen LogP contribution in [0.15, 0.2) is 0 Å². The van der Waals surface area contributed by atoms with Crippen molar-refractivity contribution >= 4 is 11.8 Å². The van der Waals surface area contributed by atoms with Crippen LogP contribution in [0.1, 0.15) is 96.8 Å². The van der Waals surface area contributed by atoms with Gasteiger partial charge in [0.15, 0.2) is 0 Å². The average Bonchev–Trinajstić information content (AvgIpc) is 3.29. The van der Waals surface area contributed by atoms with Gasteiger partial charge in [-0.1, -0.05) is 51.9 Å². The minimum absolute atomic E-state index is 0.554.